The summed E-state index contributed by atoms with van der Waals surface area (Å²) in [7, 11) is 0. The van der Waals surface area contributed by atoms with Crippen LogP contribution in [0.3, 0.4) is 0 Å². The number of benzene rings is 2. The minimum absolute atomic E-state index is 0.0790. The number of phenols is 1. The fraction of sp³-hybridized carbons (Fsp3) is 0.278. The van der Waals surface area contributed by atoms with Gasteiger partial charge in [0.25, 0.3) is 0 Å². The van der Waals surface area contributed by atoms with E-state index < -0.39 is 0 Å². The van der Waals surface area contributed by atoms with Gasteiger partial charge in [-0.2, -0.15) is 5.10 Å². The van der Waals surface area contributed by atoms with E-state index in [2.05, 4.69) is 53.5 Å². The Kier molecular flexibility index (Phi) is 4.76. The number of aromatic hydroxyl groups is 1. The Morgan fingerprint density at radius 1 is 1.09 bits per heavy atom. The molecule has 1 atom stereocenters. The summed E-state index contributed by atoms with van der Waals surface area (Å²) in [6.07, 6.45) is 0. The third-order valence-corrected chi connectivity index (χ3v) is 5.12. The number of anilines is 1. The summed E-state index contributed by atoms with van der Waals surface area (Å²) in [5, 5.41) is 15.2. The topological polar surface area (TPSA) is 47.9 Å². The van der Waals surface area contributed by atoms with Gasteiger partial charge in [0.1, 0.15) is 16.2 Å². The lowest BCUT2D eigenvalue weighted by molar-refractivity contribution is 0.474. The fourth-order valence-electron chi connectivity index (χ4n) is 2.65. The van der Waals surface area contributed by atoms with Crippen LogP contribution in [0.1, 0.15) is 30.3 Å². The largest absolute Gasteiger partial charge is 0.507 e. The molecular weight excluding hydrogens is 306 g/mol. The number of nitrogens with zero attached hydrogens (tertiary/aromatic N) is 2. The molecule has 0 saturated heterocycles. The SMILES string of the molecule is CCN(CC)c1ccc([C@@H]2NN=C(c3ccccc3O)S2)cc1. The Bertz CT molecular complexity index is 696. The van der Waals surface area contributed by atoms with Crippen molar-refractivity contribution in [1.29, 1.82) is 0 Å². The molecule has 1 aliphatic rings. The highest BCUT2D eigenvalue weighted by molar-refractivity contribution is 8.14. The smallest absolute Gasteiger partial charge is 0.129 e. The van der Waals surface area contributed by atoms with Crippen LogP contribution in [0.5, 0.6) is 5.75 Å². The van der Waals surface area contributed by atoms with Crippen LogP contribution in [0.2, 0.25) is 0 Å². The monoisotopic (exact) mass is 327 g/mol. The van der Waals surface area contributed by atoms with Gasteiger partial charge >= 0.3 is 0 Å². The van der Waals surface area contributed by atoms with Crippen molar-refractivity contribution in [2.45, 2.75) is 19.2 Å². The van der Waals surface area contributed by atoms with Gasteiger partial charge in [0.05, 0.1) is 5.56 Å². The summed E-state index contributed by atoms with van der Waals surface area (Å²) in [6, 6.07) is 15.9. The number of hydrogen-bond acceptors (Lipinski definition) is 5. The lowest BCUT2D eigenvalue weighted by atomic mass is 10.2. The van der Waals surface area contributed by atoms with E-state index in [9.17, 15) is 5.11 Å². The normalized spacial score (nSPS) is 16.8. The van der Waals surface area contributed by atoms with Gasteiger partial charge in [0.15, 0.2) is 0 Å². The van der Waals surface area contributed by atoms with Crippen LogP contribution in [-0.4, -0.2) is 23.2 Å². The lowest BCUT2D eigenvalue weighted by Crippen LogP contribution is -2.21. The predicted molar refractivity (Wildman–Crippen MR) is 98.1 cm³/mol. The molecule has 4 nitrogen and oxygen atoms in total. The van der Waals surface area contributed by atoms with Gasteiger partial charge in [-0.1, -0.05) is 36.0 Å². The first kappa shape index (κ1) is 15.7. The van der Waals surface area contributed by atoms with Crippen LogP contribution >= 0.6 is 11.8 Å². The molecular formula is C18H21N3OS. The summed E-state index contributed by atoms with van der Waals surface area (Å²) in [4.78, 5) is 2.32. The molecule has 0 fully saturated rings. The van der Waals surface area contributed by atoms with Crippen molar-refractivity contribution in [1.82, 2.24) is 5.43 Å². The zero-order valence-corrected chi connectivity index (χ0v) is 14.2. The first-order valence-electron chi connectivity index (χ1n) is 7.86. The van der Waals surface area contributed by atoms with Crippen LogP contribution in [-0.2, 0) is 0 Å². The van der Waals surface area contributed by atoms with Crippen molar-refractivity contribution >= 4 is 22.5 Å². The highest BCUT2D eigenvalue weighted by atomic mass is 32.2. The van der Waals surface area contributed by atoms with Crippen LogP contribution in [0.15, 0.2) is 53.6 Å². The van der Waals surface area contributed by atoms with E-state index in [-0.39, 0.29) is 11.1 Å². The minimum Gasteiger partial charge on any atom is -0.507 e. The molecule has 120 valence electrons. The molecule has 0 aliphatic carbocycles. The molecule has 23 heavy (non-hydrogen) atoms. The van der Waals surface area contributed by atoms with Crippen molar-refractivity contribution < 1.29 is 5.11 Å². The number of thioether (sulfide) groups is 1. The van der Waals surface area contributed by atoms with E-state index in [4.69, 9.17) is 0 Å². The highest BCUT2D eigenvalue weighted by Gasteiger charge is 2.23. The Hall–Kier alpha value is -2.14. The van der Waals surface area contributed by atoms with Gasteiger partial charge in [-0.15, -0.1) is 0 Å². The van der Waals surface area contributed by atoms with Crippen molar-refractivity contribution in [3.63, 3.8) is 0 Å². The molecule has 1 heterocycles. The Morgan fingerprint density at radius 2 is 1.78 bits per heavy atom. The Balaban J connectivity index is 1.72. The van der Waals surface area contributed by atoms with Crippen molar-refractivity contribution in [3.05, 3.63) is 59.7 Å². The molecule has 1 aliphatic heterocycles. The lowest BCUT2D eigenvalue weighted by Gasteiger charge is -2.21. The maximum Gasteiger partial charge on any atom is 0.129 e. The first-order valence-corrected chi connectivity index (χ1v) is 8.74. The molecule has 2 N–H and O–H groups in total. The Morgan fingerprint density at radius 3 is 2.43 bits per heavy atom. The molecule has 0 amide bonds. The molecule has 0 aromatic heterocycles. The summed E-state index contributed by atoms with van der Waals surface area (Å²) in [5.41, 5.74) is 6.34. The number of hydrazone groups is 1. The third kappa shape index (κ3) is 3.29. The number of nitrogens with one attached hydrogen (secondary N) is 1. The number of para-hydroxylation sites is 1. The van der Waals surface area contributed by atoms with Crippen LogP contribution in [0.25, 0.3) is 0 Å². The van der Waals surface area contributed by atoms with Gasteiger partial charge in [0, 0.05) is 18.8 Å². The van der Waals surface area contributed by atoms with Gasteiger partial charge in [-0.3, -0.25) is 5.43 Å². The molecule has 0 spiro atoms. The summed E-state index contributed by atoms with van der Waals surface area (Å²) < 4.78 is 0. The van der Waals surface area contributed by atoms with E-state index in [1.54, 1.807) is 17.8 Å². The molecule has 5 heteroatoms. The zero-order chi connectivity index (χ0) is 16.2. The molecule has 0 saturated carbocycles. The number of phenolic OH excluding ortho intramolecular Hbond substituents is 1. The van der Waals surface area contributed by atoms with Crippen molar-refractivity contribution in [3.8, 4) is 5.75 Å². The van der Waals surface area contributed by atoms with Crippen LogP contribution in [0.4, 0.5) is 5.69 Å². The second-order valence-corrected chi connectivity index (χ2v) is 6.42. The first-order chi connectivity index (χ1) is 11.2. The van der Waals surface area contributed by atoms with E-state index in [1.807, 2.05) is 18.2 Å². The molecule has 2 aromatic carbocycles. The zero-order valence-electron chi connectivity index (χ0n) is 13.4. The average Bonchev–Trinajstić information content (AvgIpc) is 3.07. The summed E-state index contributed by atoms with van der Waals surface area (Å²) >= 11 is 1.62. The maximum absolute atomic E-state index is 9.95. The van der Waals surface area contributed by atoms with E-state index in [0.717, 1.165) is 23.7 Å². The van der Waals surface area contributed by atoms with Crippen molar-refractivity contribution in [2.24, 2.45) is 5.10 Å². The summed E-state index contributed by atoms with van der Waals surface area (Å²) in [6.45, 7) is 6.34. The second kappa shape index (κ2) is 6.96. The van der Waals surface area contributed by atoms with Gasteiger partial charge in [-0.05, 0) is 43.7 Å². The summed E-state index contributed by atoms with van der Waals surface area (Å²) in [5.74, 6) is 0.262. The van der Waals surface area contributed by atoms with Gasteiger partial charge < -0.3 is 10.0 Å². The quantitative estimate of drug-likeness (QED) is 0.873. The molecule has 0 bridgehead atoms. The standard InChI is InChI=1S/C18H21N3OS/c1-3-21(4-2)14-11-9-13(10-12-14)17-19-20-18(23-17)15-7-5-6-8-16(15)22/h5-12,17,19,22H,3-4H2,1-2H3/t17-/m1/s1. The van der Waals surface area contributed by atoms with E-state index >= 15 is 0 Å². The highest BCUT2D eigenvalue weighted by Crippen LogP contribution is 2.36. The van der Waals surface area contributed by atoms with Gasteiger partial charge in [-0.25, -0.2) is 0 Å². The molecule has 0 radical (unpaired) electrons. The number of hydrogen-bond donors (Lipinski definition) is 2. The molecule has 0 unspecified atom stereocenters. The molecule has 2 aromatic rings. The second-order valence-electron chi connectivity index (χ2n) is 5.32. The Labute approximate surface area is 141 Å². The fourth-order valence-corrected chi connectivity index (χ4v) is 3.68. The van der Waals surface area contributed by atoms with E-state index in [1.165, 1.54) is 11.3 Å². The average molecular weight is 327 g/mol. The predicted octanol–water partition coefficient (Wildman–Crippen LogP) is 3.94. The maximum atomic E-state index is 9.95. The third-order valence-electron chi connectivity index (χ3n) is 3.97. The van der Waals surface area contributed by atoms with Crippen LogP contribution in [0, 0.1) is 0 Å². The minimum atomic E-state index is 0.0790. The van der Waals surface area contributed by atoms with Crippen LogP contribution < -0.4 is 10.3 Å². The number of rotatable bonds is 5. The molecule has 3 rings (SSSR count). The van der Waals surface area contributed by atoms with E-state index in [0.29, 0.717) is 0 Å². The van der Waals surface area contributed by atoms with Gasteiger partial charge in [0.2, 0.25) is 0 Å². The van der Waals surface area contributed by atoms with Crippen molar-refractivity contribution in [2.75, 3.05) is 18.0 Å².